The number of carbonyl (C=O) groups excluding carboxylic acids is 1. The third-order valence-corrected chi connectivity index (χ3v) is 5.61. The van der Waals surface area contributed by atoms with Gasteiger partial charge in [-0.15, -0.1) is 0 Å². The molecule has 0 saturated carbocycles. The van der Waals surface area contributed by atoms with Gasteiger partial charge >= 0.3 is 5.63 Å². The lowest BCUT2D eigenvalue weighted by Crippen LogP contribution is -2.12. The molecule has 5 heteroatoms. The summed E-state index contributed by atoms with van der Waals surface area (Å²) in [6.45, 7) is -0.188. The van der Waals surface area contributed by atoms with Crippen molar-refractivity contribution in [3.05, 3.63) is 112 Å². The topological polar surface area (TPSA) is 56.5 Å². The second-order valence-electron chi connectivity index (χ2n) is 7.40. The summed E-state index contributed by atoms with van der Waals surface area (Å²) in [4.78, 5) is 24.8. The molecule has 4 nitrogen and oxygen atoms in total. The van der Waals surface area contributed by atoms with E-state index in [1.54, 1.807) is 18.2 Å². The Kier molecular flexibility index (Phi) is 5.21. The first-order chi connectivity index (χ1) is 15.6. The molecule has 0 saturated heterocycles. The molecular formula is C27H17ClO4. The predicted octanol–water partition coefficient (Wildman–Crippen LogP) is 6.53. The standard InChI is InChI=1S/C27H17ClO4/c28-23-13-22-21(18-7-2-1-3-8-18)14-27(30)32-25(22)15-26(23)31-16-24(29)20-11-10-17-6-4-5-9-19(17)12-20/h1-15H,16H2. The van der Waals surface area contributed by atoms with Gasteiger partial charge in [-0.2, -0.15) is 0 Å². The van der Waals surface area contributed by atoms with E-state index >= 15 is 0 Å². The van der Waals surface area contributed by atoms with Gasteiger partial charge in [0.15, 0.2) is 12.4 Å². The molecule has 0 aliphatic heterocycles. The van der Waals surface area contributed by atoms with Crippen LogP contribution in [0.5, 0.6) is 5.75 Å². The van der Waals surface area contributed by atoms with Crippen molar-refractivity contribution in [1.82, 2.24) is 0 Å². The van der Waals surface area contributed by atoms with Crippen LogP contribution >= 0.6 is 11.6 Å². The van der Waals surface area contributed by atoms with Crippen molar-refractivity contribution >= 4 is 39.1 Å². The molecule has 1 heterocycles. The highest BCUT2D eigenvalue weighted by Gasteiger charge is 2.14. The van der Waals surface area contributed by atoms with E-state index in [2.05, 4.69) is 0 Å². The van der Waals surface area contributed by atoms with Crippen LogP contribution in [0.3, 0.4) is 0 Å². The van der Waals surface area contributed by atoms with Crippen LogP contribution in [0.1, 0.15) is 10.4 Å². The molecule has 32 heavy (non-hydrogen) atoms. The molecule has 0 aliphatic carbocycles. The summed E-state index contributed by atoms with van der Waals surface area (Å²) >= 11 is 6.45. The van der Waals surface area contributed by atoms with Crippen molar-refractivity contribution in [2.45, 2.75) is 0 Å². The fourth-order valence-corrected chi connectivity index (χ4v) is 3.94. The summed E-state index contributed by atoms with van der Waals surface area (Å²) in [6.07, 6.45) is 0. The fraction of sp³-hybridized carbons (Fsp3) is 0.0370. The highest BCUT2D eigenvalue weighted by molar-refractivity contribution is 6.33. The Morgan fingerprint density at radius 1 is 0.844 bits per heavy atom. The molecule has 0 bridgehead atoms. The SMILES string of the molecule is O=C(COc1cc2oc(=O)cc(-c3ccccc3)c2cc1Cl)c1ccc2ccccc2c1. The molecule has 156 valence electrons. The normalized spacial score (nSPS) is 11.0. The van der Waals surface area contributed by atoms with Gasteiger partial charge in [0.1, 0.15) is 11.3 Å². The summed E-state index contributed by atoms with van der Waals surface area (Å²) in [5.41, 5.74) is 2.02. The van der Waals surface area contributed by atoms with Gasteiger partial charge in [0.05, 0.1) is 5.02 Å². The summed E-state index contributed by atoms with van der Waals surface area (Å²) in [7, 11) is 0. The largest absolute Gasteiger partial charge is 0.484 e. The average molecular weight is 441 g/mol. The molecule has 0 amide bonds. The molecule has 4 aromatic carbocycles. The van der Waals surface area contributed by atoms with E-state index in [0.717, 1.165) is 21.9 Å². The van der Waals surface area contributed by atoms with Crippen LogP contribution in [0.15, 0.2) is 100 Å². The van der Waals surface area contributed by atoms with Crippen molar-refractivity contribution in [2.75, 3.05) is 6.61 Å². The minimum Gasteiger partial charge on any atom is -0.484 e. The van der Waals surface area contributed by atoms with Crippen molar-refractivity contribution in [3.63, 3.8) is 0 Å². The van der Waals surface area contributed by atoms with E-state index in [1.165, 1.54) is 6.07 Å². The molecular weight excluding hydrogens is 424 g/mol. The molecule has 0 spiro atoms. The Morgan fingerprint density at radius 2 is 1.59 bits per heavy atom. The molecule has 5 rings (SSSR count). The summed E-state index contributed by atoms with van der Waals surface area (Å²) in [5, 5.41) is 3.06. The zero-order valence-electron chi connectivity index (χ0n) is 16.9. The van der Waals surface area contributed by atoms with Crippen LogP contribution in [0.2, 0.25) is 5.02 Å². The van der Waals surface area contributed by atoms with E-state index in [9.17, 15) is 9.59 Å². The number of benzene rings is 4. The van der Waals surface area contributed by atoms with Gasteiger partial charge in [0, 0.05) is 23.1 Å². The maximum absolute atomic E-state index is 12.7. The number of ether oxygens (including phenoxy) is 1. The fourth-order valence-electron chi connectivity index (χ4n) is 3.72. The Labute approximate surface area is 188 Å². The summed E-state index contributed by atoms with van der Waals surface area (Å²) in [5.74, 6) is 0.105. The minimum absolute atomic E-state index is 0.175. The van der Waals surface area contributed by atoms with Gasteiger partial charge in [-0.25, -0.2) is 4.79 Å². The highest BCUT2D eigenvalue weighted by atomic mass is 35.5. The Hall–Kier alpha value is -3.89. The van der Waals surface area contributed by atoms with Crippen molar-refractivity contribution in [3.8, 4) is 16.9 Å². The second-order valence-corrected chi connectivity index (χ2v) is 7.80. The molecule has 5 aromatic rings. The Bertz CT molecular complexity index is 1520. The maximum atomic E-state index is 12.7. The highest BCUT2D eigenvalue weighted by Crippen LogP contribution is 2.35. The maximum Gasteiger partial charge on any atom is 0.336 e. The first-order valence-electron chi connectivity index (χ1n) is 10.1. The third kappa shape index (κ3) is 3.88. The van der Waals surface area contributed by atoms with Gasteiger partial charge in [0.25, 0.3) is 0 Å². The number of ketones is 1. The summed E-state index contributed by atoms with van der Waals surface area (Å²) in [6, 6.07) is 27.6. The lowest BCUT2D eigenvalue weighted by molar-refractivity contribution is 0.0921. The first-order valence-corrected chi connectivity index (χ1v) is 10.4. The van der Waals surface area contributed by atoms with Crippen molar-refractivity contribution < 1.29 is 13.9 Å². The Balaban J connectivity index is 1.45. The van der Waals surface area contributed by atoms with Gasteiger partial charge in [0.2, 0.25) is 0 Å². The number of Topliss-reactive ketones (excluding diaryl/α,β-unsaturated/α-hetero) is 1. The number of halogens is 1. The molecule has 0 fully saturated rings. The van der Waals surface area contributed by atoms with Crippen molar-refractivity contribution in [2.24, 2.45) is 0 Å². The molecule has 0 N–H and O–H groups in total. The van der Waals surface area contributed by atoms with Crippen LogP contribution in [-0.2, 0) is 0 Å². The monoisotopic (exact) mass is 440 g/mol. The van der Waals surface area contributed by atoms with Gasteiger partial charge < -0.3 is 9.15 Å². The second kappa shape index (κ2) is 8.33. The molecule has 0 radical (unpaired) electrons. The van der Waals surface area contributed by atoms with E-state index in [-0.39, 0.29) is 18.1 Å². The van der Waals surface area contributed by atoms with Crippen LogP contribution in [0, 0.1) is 0 Å². The summed E-state index contributed by atoms with van der Waals surface area (Å²) < 4.78 is 11.1. The Morgan fingerprint density at radius 3 is 2.41 bits per heavy atom. The van der Waals surface area contributed by atoms with Gasteiger partial charge in [-0.1, -0.05) is 78.3 Å². The number of carbonyl (C=O) groups is 1. The first kappa shape index (κ1) is 20.0. The molecule has 1 aromatic heterocycles. The van der Waals surface area contributed by atoms with Crippen LogP contribution in [0.4, 0.5) is 0 Å². The van der Waals surface area contributed by atoms with Crippen LogP contribution in [0.25, 0.3) is 32.9 Å². The zero-order chi connectivity index (χ0) is 22.1. The van der Waals surface area contributed by atoms with E-state index < -0.39 is 5.63 Å². The minimum atomic E-state index is -0.475. The van der Waals surface area contributed by atoms with Crippen LogP contribution < -0.4 is 10.4 Å². The van der Waals surface area contributed by atoms with E-state index in [0.29, 0.717) is 21.6 Å². The van der Waals surface area contributed by atoms with E-state index in [1.807, 2.05) is 66.7 Å². The molecule has 0 aliphatic rings. The average Bonchev–Trinajstić information content (AvgIpc) is 2.82. The molecule has 0 atom stereocenters. The number of hydrogen-bond donors (Lipinski definition) is 0. The predicted molar refractivity (Wildman–Crippen MR) is 127 cm³/mol. The quantitative estimate of drug-likeness (QED) is 0.230. The van der Waals surface area contributed by atoms with Crippen molar-refractivity contribution in [1.29, 1.82) is 0 Å². The van der Waals surface area contributed by atoms with Gasteiger partial charge in [-0.3, -0.25) is 4.79 Å². The number of rotatable bonds is 5. The smallest absolute Gasteiger partial charge is 0.336 e. The molecule has 0 unspecified atom stereocenters. The number of fused-ring (bicyclic) bond motifs is 2. The van der Waals surface area contributed by atoms with E-state index in [4.69, 9.17) is 20.8 Å². The zero-order valence-corrected chi connectivity index (χ0v) is 17.6. The lowest BCUT2D eigenvalue weighted by atomic mass is 10.0. The third-order valence-electron chi connectivity index (χ3n) is 5.31. The van der Waals surface area contributed by atoms with Crippen LogP contribution in [-0.4, -0.2) is 12.4 Å². The number of hydrogen-bond acceptors (Lipinski definition) is 4. The lowest BCUT2D eigenvalue weighted by Gasteiger charge is -2.11. The van der Waals surface area contributed by atoms with Gasteiger partial charge in [-0.05, 0) is 34.0 Å².